The van der Waals surface area contributed by atoms with Crippen molar-refractivity contribution < 1.29 is 0 Å². The molecule has 0 unspecified atom stereocenters. The third kappa shape index (κ3) is 3.60. The molecule has 0 saturated heterocycles. The number of nitrogens with zero attached hydrogens (tertiary/aromatic N) is 2. The molecule has 2 heteroatoms. The van der Waals surface area contributed by atoms with Crippen molar-refractivity contribution in [2.75, 3.05) is 0 Å². The number of rotatable bonds is 2. The van der Waals surface area contributed by atoms with Gasteiger partial charge in [-0.1, -0.05) is 32.1 Å². The maximum atomic E-state index is 4.30. The Morgan fingerprint density at radius 1 is 1.14 bits per heavy atom. The van der Waals surface area contributed by atoms with Gasteiger partial charge in [0.1, 0.15) is 0 Å². The number of allylic oxidation sites excluding steroid dienone is 2. The van der Waals surface area contributed by atoms with Gasteiger partial charge in [0, 0.05) is 18.8 Å². The molecular formula is C12H20N2. The van der Waals surface area contributed by atoms with Crippen molar-refractivity contribution in [1.29, 1.82) is 0 Å². The molecule has 0 saturated carbocycles. The molecule has 2 nitrogen and oxygen atoms in total. The molecule has 0 aromatic carbocycles. The lowest BCUT2D eigenvalue weighted by atomic mass is 10.2. The number of aryl methyl sites for hydroxylation is 1. The summed E-state index contributed by atoms with van der Waals surface area (Å²) in [6.07, 6.45) is 10.1. The van der Waals surface area contributed by atoms with Gasteiger partial charge in [-0.25, -0.2) is 0 Å². The highest BCUT2D eigenvalue weighted by atomic mass is 15.2. The minimum absolute atomic E-state index is 1.03. The largest absolute Gasteiger partial charge is 0.275 e. The lowest BCUT2D eigenvalue weighted by Gasteiger charge is -1.85. The van der Waals surface area contributed by atoms with Crippen LogP contribution in [0, 0.1) is 0 Å². The Labute approximate surface area is 86.9 Å². The minimum atomic E-state index is 1.03. The van der Waals surface area contributed by atoms with Crippen LogP contribution in [0.15, 0.2) is 18.3 Å². The third-order valence-electron chi connectivity index (χ3n) is 1.56. The van der Waals surface area contributed by atoms with E-state index in [1.807, 2.05) is 63.8 Å². The van der Waals surface area contributed by atoms with Crippen molar-refractivity contribution in [3.8, 4) is 0 Å². The molecule has 1 rings (SSSR count). The van der Waals surface area contributed by atoms with E-state index in [9.17, 15) is 0 Å². The number of hydrogen-bond acceptors (Lipinski definition) is 1. The smallest absolute Gasteiger partial charge is 0.0919 e. The first-order valence-corrected chi connectivity index (χ1v) is 5.07. The maximum absolute atomic E-state index is 4.30. The van der Waals surface area contributed by atoms with Gasteiger partial charge in [-0.05, 0) is 19.9 Å². The third-order valence-corrected chi connectivity index (χ3v) is 1.56. The van der Waals surface area contributed by atoms with Crippen LogP contribution in [0.1, 0.15) is 39.0 Å². The Balaban J connectivity index is 0.000000791. The van der Waals surface area contributed by atoms with Gasteiger partial charge >= 0.3 is 0 Å². The molecule has 14 heavy (non-hydrogen) atoms. The Kier molecular flexibility index (Phi) is 6.46. The van der Waals surface area contributed by atoms with Gasteiger partial charge in [0.2, 0.25) is 0 Å². The second kappa shape index (κ2) is 7.13. The predicted molar refractivity (Wildman–Crippen MR) is 64.0 cm³/mol. The van der Waals surface area contributed by atoms with Crippen molar-refractivity contribution in [2.24, 2.45) is 7.05 Å². The summed E-state index contributed by atoms with van der Waals surface area (Å²) >= 11 is 0. The fourth-order valence-corrected chi connectivity index (χ4v) is 1.12. The van der Waals surface area contributed by atoms with Gasteiger partial charge < -0.3 is 0 Å². The summed E-state index contributed by atoms with van der Waals surface area (Å²) in [7, 11) is 1.93. The number of hydrogen-bond donors (Lipinski definition) is 0. The summed E-state index contributed by atoms with van der Waals surface area (Å²) in [6.45, 7) is 8.00. The molecule has 78 valence electrons. The molecule has 0 bridgehead atoms. The van der Waals surface area contributed by atoms with E-state index in [1.54, 1.807) is 0 Å². The fraction of sp³-hybridized carbons (Fsp3) is 0.417. The first-order valence-electron chi connectivity index (χ1n) is 5.07. The van der Waals surface area contributed by atoms with Gasteiger partial charge in [-0.15, -0.1) is 0 Å². The van der Waals surface area contributed by atoms with Gasteiger partial charge in [0.25, 0.3) is 0 Å². The van der Waals surface area contributed by atoms with E-state index in [4.69, 9.17) is 0 Å². The summed E-state index contributed by atoms with van der Waals surface area (Å²) < 4.78 is 1.82. The zero-order valence-electron chi connectivity index (χ0n) is 9.78. The summed E-state index contributed by atoms with van der Waals surface area (Å²) in [6, 6.07) is 0. The zero-order chi connectivity index (χ0) is 11.0. The molecule has 0 fully saturated rings. The standard InChI is InChI=1S/C10H14N2.C2H6/c1-4-6-9-8-12(3)11-10(9)7-5-2;1-2/h4-8H,1-3H3;1-2H3/b6-4-,7-5-;. The molecular weight excluding hydrogens is 172 g/mol. The van der Waals surface area contributed by atoms with Crippen molar-refractivity contribution in [3.05, 3.63) is 29.6 Å². The van der Waals surface area contributed by atoms with Gasteiger partial charge in [0.15, 0.2) is 0 Å². The second-order valence-electron chi connectivity index (χ2n) is 2.64. The number of aromatic nitrogens is 2. The molecule has 0 radical (unpaired) electrons. The molecule has 0 aliphatic carbocycles. The van der Waals surface area contributed by atoms with Crippen molar-refractivity contribution in [3.63, 3.8) is 0 Å². The molecule has 0 atom stereocenters. The van der Waals surface area contributed by atoms with Crippen LogP contribution in [0.5, 0.6) is 0 Å². The van der Waals surface area contributed by atoms with E-state index in [0.29, 0.717) is 0 Å². The Hall–Kier alpha value is -1.31. The summed E-state index contributed by atoms with van der Waals surface area (Å²) in [5, 5.41) is 4.30. The van der Waals surface area contributed by atoms with Crippen LogP contribution < -0.4 is 0 Å². The Bertz CT molecular complexity index is 277. The van der Waals surface area contributed by atoms with E-state index in [0.717, 1.165) is 11.3 Å². The molecule has 0 amide bonds. The van der Waals surface area contributed by atoms with E-state index in [2.05, 4.69) is 11.2 Å². The maximum Gasteiger partial charge on any atom is 0.0919 e. The molecule has 0 spiro atoms. The highest BCUT2D eigenvalue weighted by Crippen LogP contribution is 2.09. The average molecular weight is 192 g/mol. The fourth-order valence-electron chi connectivity index (χ4n) is 1.12. The van der Waals surface area contributed by atoms with Crippen LogP contribution in [-0.4, -0.2) is 9.78 Å². The lowest BCUT2D eigenvalue weighted by molar-refractivity contribution is 0.764. The van der Waals surface area contributed by atoms with Crippen molar-refractivity contribution in [1.82, 2.24) is 9.78 Å². The van der Waals surface area contributed by atoms with E-state index in [-0.39, 0.29) is 0 Å². The SMILES string of the molecule is C/C=C\c1cn(C)nc1/C=C\C.CC. The Morgan fingerprint density at radius 2 is 1.71 bits per heavy atom. The molecule has 1 heterocycles. The second-order valence-corrected chi connectivity index (χ2v) is 2.64. The first-order chi connectivity index (χ1) is 6.77. The van der Waals surface area contributed by atoms with Crippen LogP contribution in [0.3, 0.4) is 0 Å². The summed E-state index contributed by atoms with van der Waals surface area (Å²) in [5.41, 5.74) is 2.19. The topological polar surface area (TPSA) is 17.8 Å². The van der Waals surface area contributed by atoms with Crippen LogP contribution in [0.4, 0.5) is 0 Å². The average Bonchev–Trinajstić information content (AvgIpc) is 2.51. The zero-order valence-corrected chi connectivity index (χ0v) is 9.78. The molecule has 0 aliphatic rings. The molecule has 1 aromatic rings. The lowest BCUT2D eigenvalue weighted by Crippen LogP contribution is -1.86. The van der Waals surface area contributed by atoms with Gasteiger partial charge in [0.05, 0.1) is 5.69 Å². The first kappa shape index (κ1) is 12.7. The summed E-state index contributed by atoms with van der Waals surface area (Å²) in [5.74, 6) is 0. The predicted octanol–water partition coefficient (Wildman–Crippen LogP) is 3.51. The molecule has 0 N–H and O–H groups in total. The Morgan fingerprint density at radius 3 is 2.21 bits per heavy atom. The van der Waals surface area contributed by atoms with Crippen LogP contribution >= 0.6 is 0 Å². The van der Waals surface area contributed by atoms with E-state index in [1.165, 1.54) is 0 Å². The van der Waals surface area contributed by atoms with Gasteiger partial charge in [-0.3, -0.25) is 4.68 Å². The molecule has 1 aromatic heterocycles. The highest BCUT2D eigenvalue weighted by Gasteiger charge is 1.99. The van der Waals surface area contributed by atoms with Crippen molar-refractivity contribution in [2.45, 2.75) is 27.7 Å². The van der Waals surface area contributed by atoms with Gasteiger partial charge in [-0.2, -0.15) is 5.10 Å². The van der Waals surface area contributed by atoms with Crippen LogP contribution in [0.25, 0.3) is 12.2 Å². The quantitative estimate of drug-likeness (QED) is 0.701. The minimum Gasteiger partial charge on any atom is -0.275 e. The highest BCUT2D eigenvalue weighted by molar-refractivity contribution is 5.61. The van der Waals surface area contributed by atoms with Crippen LogP contribution in [-0.2, 0) is 7.05 Å². The van der Waals surface area contributed by atoms with E-state index < -0.39 is 0 Å². The summed E-state index contributed by atoms with van der Waals surface area (Å²) in [4.78, 5) is 0. The monoisotopic (exact) mass is 192 g/mol. The van der Waals surface area contributed by atoms with E-state index >= 15 is 0 Å². The van der Waals surface area contributed by atoms with Crippen molar-refractivity contribution >= 4 is 12.2 Å². The molecule has 0 aliphatic heterocycles. The normalized spacial score (nSPS) is 10.6. The van der Waals surface area contributed by atoms with Crippen LogP contribution in [0.2, 0.25) is 0 Å².